The Kier molecular flexibility index (Phi) is 6.58. The van der Waals surface area contributed by atoms with Gasteiger partial charge in [-0.05, 0) is 37.5 Å². The number of carboxylic acid groups (broad SMARTS) is 1. The Bertz CT molecular complexity index is 431. The maximum atomic E-state index is 13.0. The van der Waals surface area contributed by atoms with E-state index >= 15 is 0 Å². The molecule has 2 N–H and O–H groups in total. The summed E-state index contributed by atoms with van der Waals surface area (Å²) in [5.41, 5.74) is 0.563. The zero-order valence-electron chi connectivity index (χ0n) is 11.8. The number of hydrogen-bond donors (Lipinski definition) is 2. The number of carbonyl (C=O) groups is 1. The SMILES string of the molecule is CC(CCCC(C)C(=O)O)NCc1cc(F)cc(F)c1. The van der Waals surface area contributed by atoms with E-state index in [0.717, 1.165) is 18.9 Å². The molecule has 0 fully saturated rings. The average Bonchev–Trinajstić information content (AvgIpc) is 2.35. The topological polar surface area (TPSA) is 49.3 Å². The van der Waals surface area contributed by atoms with E-state index in [-0.39, 0.29) is 12.0 Å². The van der Waals surface area contributed by atoms with Gasteiger partial charge in [0, 0.05) is 18.7 Å². The van der Waals surface area contributed by atoms with Crippen LogP contribution in [0.4, 0.5) is 8.78 Å². The molecule has 0 bridgehead atoms. The third kappa shape index (κ3) is 6.10. The second-order valence-electron chi connectivity index (χ2n) is 5.23. The normalized spacial score (nSPS) is 14.0. The molecule has 0 aromatic heterocycles. The van der Waals surface area contributed by atoms with Crippen LogP contribution in [0.3, 0.4) is 0 Å². The largest absolute Gasteiger partial charge is 0.481 e. The first-order valence-electron chi connectivity index (χ1n) is 6.79. The lowest BCUT2D eigenvalue weighted by molar-refractivity contribution is -0.141. The number of nitrogens with one attached hydrogen (secondary N) is 1. The van der Waals surface area contributed by atoms with Crippen molar-refractivity contribution in [1.29, 1.82) is 0 Å². The number of halogens is 2. The molecule has 0 spiro atoms. The van der Waals surface area contributed by atoms with Crippen molar-refractivity contribution in [1.82, 2.24) is 5.32 Å². The van der Waals surface area contributed by atoms with Gasteiger partial charge in [-0.25, -0.2) is 8.78 Å². The first-order valence-corrected chi connectivity index (χ1v) is 6.79. The van der Waals surface area contributed by atoms with Gasteiger partial charge in [0.1, 0.15) is 11.6 Å². The Morgan fingerprint density at radius 2 is 1.80 bits per heavy atom. The van der Waals surface area contributed by atoms with Crippen molar-refractivity contribution in [3.63, 3.8) is 0 Å². The first kappa shape index (κ1) is 16.6. The van der Waals surface area contributed by atoms with E-state index in [9.17, 15) is 13.6 Å². The molecule has 2 unspecified atom stereocenters. The molecule has 0 saturated heterocycles. The molecule has 5 heteroatoms. The summed E-state index contributed by atoms with van der Waals surface area (Å²) < 4.78 is 26.0. The minimum absolute atomic E-state index is 0.169. The number of carboxylic acids is 1. The highest BCUT2D eigenvalue weighted by Crippen LogP contribution is 2.11. The van der Waals surface area contributed by atoms with Gasteiger partial charge in [0.15, 0.2) is 0 Å². The molecular formula is C15H21F2NO2. The van der Waals surface area contributed by atoms with E-state index in [4.69, 9.17) is 5.11 Å². The molecule has 1 aromatic rings. The molecule has 0 saturated carbocycles. The fraction of sp³-hybridized carbons (Fsp3) is 0.533. The summed E-state index contributed by atoms with van der Waals surface area (Å²) in [6.45, 7) is 4.06. The van der Waals surface area contributed by atoms with Crippen LogP contribution in [0, 0.1) is 17.6 Å². The van der Waals surface area contributed by atoms with E-state index in [2.05, 4.69) is 5.32 Å². The maximum absolute atomic E-state index is 13.0. The van der Waals surface area contributed by atoms with Crippen molar-refractivity contribution in [3.8, 4) is 0 Å². The minimum atomic E-state index is -0.777. The van der Waals surface area contributed by atoms with Gasteiger partial charge in [0.05, 0.1) is 5.92 Å². The van der Waals surface area contributed by atoms with Gasteiger partial charge in [-0.3, -0.25) is 4.79 Å². The Morgan fingerprint density at radius 3 is 2.35 bits per heavy atom. The molecular weight excluding hydrogens is 264 g/mol. The number of aliphatic carboxylic acids is 1. The summed E-state index contributed by atoms with van der Waals surface area (Å²) in [6, 6.07) is 3.62. The average molecular weight is 285 g/mol. The Hall–Kier alpha value is -1.49. The smallest absolute Gasteiger partial charge is 0.306 e. The molecule has 1 rings (SSSR count). The highest BCUT2D eigenvalue weighted by Gasteiger charge is 2.11. The molecule has 0 heterocycles. The van der Waals surface area contributed by atoms with Crippen molar-refractivity contribution in [3.05, 3.63) is 35.4 Å². The summed E-state index contributed by atoms with van der Waals surface area (Å²) in [4.78, 5) is 10.7. The van der Waals surface area contributed by atoms with E-state index in [1.807, 2.05) is 6.92 Å². The third-order valence-electron chi connectivity index (χ3n) is 3.27. The predicted octanol–water partition coefficient (Wildman–Crippen LogP) is 3.33. The zero-order chi connectivity index (χ0) is 15.1. The van der Waals surface area contributed by atoms with Crippen LogP contribution in [0.25, 0.3) is 0 Å². The maximum Gasteiger partial charge on any atom is 0.306 e. The van der Waals surface area contributed by atoms with E-state index in [1.165, 1.54) is 12.1 Å². The second-order valence-corrected chi connectivity index (χ2v) is 5.23. The van der Waals surface area contributed by atoms with Gasteiger partial charge in [-0.2, -0.15) is 0 Å². The van der Waals surface area contributed by atoms with Crippen molar-refractivity contribution < 1.29 is 18.7 Å². The van der Waals surface area contributed by atoms with Crippen LogP contribution in [0.1, 0.15) is 38.7 Å². The molecule has 112 valence electrons. The van der Waals surface area contributed by atoms with E-state index < -0.39 is 17.6 Å². The van der Waals surface area contributed by atoms with E-state index in [1.54, 1.807) is 6.92 Å². The molecule has 0 amide bonds. The molecule has 0 aliphatic rings. The molecule has 20 heavy (non-hydrogen) atoms. The van der Waals surface area contributed by atoms with Gasteiger partial charge >= 0.3 is 5.97 Å². The summed E-state index contributed by atoms with van der Waals surface area (Å²) >= 11 is 0. The summed E-state index contributed by atoms with van der Waals surface area (Å²) in [6.07, 6.45) is 2.27. The molecule has 0 aliphatic heterocycles. The molecule has 3 nitrogen and oxygen atoms in total. The molecule has 0 radical (unpaired) electrons. The highest BCUT2D eigenvalue weighted by atomic mass is 19.1. The number of hydrogen-bond acceptors (Lipinski definition) is 2. The monoisotopic (exact) mass is 285 g/mol. The second kappa shape index (κ2) is 7.94. The lowest BCUT2D eigenvalue weighted by Gasteiger charge is -2.14. The van der Waals surface area contributed by atoms with Crippen molar-refractivity contribution in [2.24, 2.45) is 5.92 Å². The van der Waals surface area contributed by atoms with E-state index in [0.29, 0.717) is 18.5 Å². The van der Waals surface area contributed by atoms with Crippen LogP contribution in [-0.2, 0) is 11.3 Å². The fourth-order valence-electron chi connectivity index (χ4n) is 1.96. The summed E-state index contributed by atoms with van der Waals surface area (Å²) in [7, 11) is 0. The third-order valence-corrected chi connectivity index (χ3v) is 3.27. The van der Waals surface area contributed by atoms with Crippen LogP contribution in [0.15, 0.2) is 18.2 Å². The fourth-order valence-corrected chi connectivity index (χ4v) is 1.96. The van der Waals surface area contributed by atoms with Gasteiger partial charge in [0.25, 0.3) is 0 Å². The van der Waals surface area contributed by atoms with Crippen LogP contribution in [0.5, 0.6) is 0 Å². The van der Waals surface area contributed by atoms with Crippen LogP contribution in [0.2, 0.25) is 0 Å². The Balaban J connectivity index is 2.29. The van der Waals surface area contributed by atoms with Gasteiger partial charge in [-0.15, -0.1) is 0 Å². The van der Waals surface area contributed by atoms with Gasteiger partial charge < -0.3 is 10.4 Å². The lowest BCUT2D eigenvalue weighted by atomic mass is 10.0. The zero-order valence-corrected chi connectivity index (χ0v) is 11.8. The van der Waals surface area contributed by atoms with Crippen molar-refractivity contribution in [2.45, 2.75) is 45.7 Å². The number of benzene rings is 1. The molecule has 0 aliphatic carbocycles. The Labute approximate surface area is 118 Å². The summed E-state index contributed by atoms with van der Waals surface area (Å²) in [5, 5.41) is 11.9. The van der Waals surface area contributed by atoms with Crippen molar-refractivity contribution in [2.75, 3.05) is 0 Å². The van der Waals surface area contributed by atoms with Gasteiger partial charge in [-0.1, -0.05) is 13.3 Å². The first-order chi connectivity index (χ1) is 9.38. The molecule has 1 aromatic carbocycles. The van der Waals surface area contributed by atoms with Crippen LogP contribution in [-0.4, -0.2) is 17.1 Å². The quantitative estimate of drug-likeness (QED) is 0.770. The van der Waals surface area contributed by atoms with Gasteiger partial charge in [0.2, 0.25) is 0 Å². The van der Waals surface area contributed by atoms with Crippen LogP contribution < -0.4 is 5.32 Å². The Morgan fingerprint density at radius 1 is 1.20 bits per heavy atom. The lowest BCUT2D eigenvalue weighted by Crippen LogP contribution is -2.25. The summed E-state index contributed by atoms with van der Waals surface area (Å²) in [5.74, 6) is -2.27. The standard InChI is InChI=1S/C15H21F2NO2/c1-10(15(19)20)4-3-5-11(2)18-9-12-6-13(16)8-14(17)7-12/h6-8,10-11,18H,3-5,9H2,1-2H3,(H,19,20). The van der Waals surface area contributed by atoms with Crippen LogP contribution >= 0.6 is 0 Å². The highest BCUT2D eigenvalue weighted by molar-refractivity contribution is 5.69. The predicted molar refractivity (Wildman–Crippen MR) is 73.3 cm³/mol. The number of rotatable bonds is 8. The van der Waals surface area contributed by atoms with Crippen molar-refractivity contribution >= 4 is 5.97 Å². The minimum Gasteiger partial charge on any atom is -0.481 e. The molecule has 2 atom stereocenters.